The van der Waals surface area contributed by atoms with E-state index in [9.17, 15) is 5.11 Å². The number of rotatable bonds is 3. The predicted molar refractivity (Wildman–Crippen MR) is 64.4 cm³/mol. The average molecular weight is 227 g/mol. The van der Waals surface area contributed by atoms with Crippen molar-refractivity contribution in [3.8, 4) is 0 Å². The summed E-state index contributed by atoms with van der Waals surface area (Å²) in [6, 6.07) is 0.739. The molecule has 94 valence electrons. The summed E-state index contributed by atoms with van der Waals surface area (Å²) in [5.74, 6) is 0.320. The Kier molecular flexibility index (Phi) is 4.62. The molecule has 1 N–H and O–H groups in total. The van der Waals surface area contributed by atoms with Gasteiger partial charge >= 0.3 is 0 Å². The molecule has 0 aromatic heterocycles. The summed E-state index contributed by atoms with van der Waals surface area (Å²) < 4.78 is 5.45. The molecule has 1 heterocycles. The van der Waals surface area contributed by atoms with E-state index in [2.05, 4.69) is 11.9 Å². The van der Waals surface area contributed by atoms with Gasteiger partial charge in [0.15, 0.2) is 0 Å². The molecule has 2 rings (SSSR count). The van der Waals surface area contributed by atoms with Crippen molar-refractivity contribution < 1.29 is 9.84 Å². The molecule has 0 amide bonds. The molecule has 0 aromatic carbocycles. The predicted octanol–water partition coefficient (Wildman–Crippen LogP) is 1.65. The van der Waals surface area contributed by atoms with Gasteiger partial charge in [0.05, 0.1) is 12.7 Å². The normalized spacial score (nSPS) is 33.2. The van der Waals surface area contributed by atoms with Crippen LogP contribution in [0.5, 0.6) is 0 Å². The summed E-state index contributed by atoms with van der Waals surface area (Å²) in [6.45, 7) is 2.45. The van der Waals surface area contributed by atoms with Crippen molar-refractivity contribution in [1.82, 2.24) is 4.90 Å². The van der Waals surface area contributed by atoms with Gasteiger partial charge in [-0.25, -0.2) is 0 Å². The highest BCUT2D eigenvalue weighted by molar-refractivity contribution is 4.79. The van der Waals surface area contributed by atoms with Crippen LogP contribution in [0.3, 0.4) is 0 Å². The van der Waals surface area contributed by atoms with Crippen LogP contribution in [0.15, 0.2) is 0 Å². The summed E-state index contributed by atoms with van der Waals surface area (Å²) in [6.07, 6.45) is 7.47. The standard InChI is InChI=1S/C13H25NO2/c1-14(12-5-3-2-4-6-12)9-11-10-16-8-7-13(11)15/h11-13,15H,2-10H2,1H3. The van der Waals surface area contributed by atoms with Crippen LogP contribution < -0.4 is 0 Å². The molecule has 0 bridgehead atoms. The van der Waals surface area contributed by atoms with Crippen LogP contribution >= 0.6 is 0 Å². The molecule has 1 aliphatic heterocycles. The number of aliphatic hydroxyl groups excluding tert-OH is 1. The second-order valence-electron chi connectivity index (χ2n) is 5.42. The van der Waals surface area contributed by atoms with Crippen molar-refractivity contribution in [2.75, 3.05) is 26.8 Å². The number of aliphatic hydroxyl groups is 1. The largest absolute Gasteiger partial charge is 0.393 e. The minimum atomic E-state index is -0.153. The van der Waals surface area contributed by atoms with Gasteiger partial charge in [0.1, 0.15) is 0 Å². The number of nitrogens with zero attached hydrogens (tertiary/aromatic N) is 1. The van der Waals surface area contributed by atoms with E-state index in [-0.39, 0.29) is 6.10 Å². The third-order valence-electron chi connectivity index (χ3n) is 4.15. The van der Waals surface area contributed by atoms with Crippen LogP contribution in [0.25, 0.3) is 0 Å². The topological polar surface area (TPSA) is 32.7 Å². The zero-order chi connectivity index (χ0) is 11.4. The van der Waals surface area contributed by atoms with E-state index in [1.165, 1.54) is 32.1 Å². The highest BCUT2D eigenvalue weighted by atomic mass is 16.5. The van der Waals surface area contributed by atoms with Gasteiger partial charge in [-0.05, 0) is 26.3 Å². The molecule has 2 fully saturated rings. The average Bonchev–Trinajstić information content (AvgIpc) is 2.33. The Morgan fingerprint density at radius 2 is 1.94 bits per heavy atom. The quantitative estimate of drug-likeness (QED) is 0.795. The second-order valence-corrected chi connectivity index (χ2v) is 5.42. The minimum Gasteiger partial charge on any atom is -0.393 e. The van der Waals surface area contributed by atoms with Crippen molar-refractivity contribution >= 4 is 0 Å². The van der Waals surface area contributed by atoms with Gasteiger partial charge in [0, 0.05) is 25.1 Å². The highest BCUT2D eigenvalue weighted by Gasteiger charge is 2.27. The van der Waals surface area contributed by atoms with Crippen LogP contribution in [0.2, 0.25) is 0 Å². The number of hydrogen-bond donors (Lipinski definition) is 1. The zero-order valence-corrected chi connectivity index (χ0v) is 10.4. The van der Waals surface area contributed by atoms with Crippen molar-refractivity contribution in [3.05, 3.63) is 0 Å². The maximum Gasteiger partial charge on any atom is 0.0624 e. The first kappa shape index (κ1) is 12.3. The highest BCUT2D eigenvalue weighted by Crippen LogP contribution is 2.24. The molecule has 0 radical (unpaired) electrons. The van der Waals surface area contributed by atoms with Crippen LogP contribution in [0, 0.1) is 5.92 Å². The Morgan fingerprint density at radius 1 is 1.19 bits per heavy atom. The molecule has 3 nitrogen and oxygen atoms in total. The van der Waals surface area contributed by atoms with E-state index in [4.69, 9.17) is 4.74 Å². The molecule has 0 spiro atoms. The third kappa shape index (κ3) is 3.19. The molecule has 1 aliphatic carbocycles. The molecule has 1 saturated heterocycles. The van der Waals surface area contributed by atoms with Gasteiger partial charge in [-0.15, -0.1) is 0 Å². The first-order valence-electron chi connectivity index (χ1n) is 6.73. The lowest BCUT2D eigenvalue weighted by atomic mass is 9.92. The molecule has 3 heteroatoms. The fourth-order valence-electron chi connectivity index (χ4n) is 3.00. The third-order valence-corrected chi connectivity index (χ3v) is 4.15. The van der Waals surface area contributed by atoms with Gasteiger partial charge in [-0.1, -0.05) is 19.3 Å². The van der Waals surface area contributed by atoms with Gasteiger partial charge in [-0.2, -0.15) is 0 Å². The van der Waals surface area contributed by atoms with E-state index in [0.717, 1.165) is 32.2 Å². The molecule has 2 unspecified atom stereocenters. The molecule has 1 saturated carbocycles. The van der Waals surface area contributed by atoms with Crippen LogP contribution in [-0.2, 0) is 4.74 Å². The maximum absolute atomic E-state index is 9.91. The van der Waals surface area contributed by atoms with Gasteiger partial charge in [0.2, 0.25) is 0 Å². The van der Waals surface area contributed by atoms with Crippen molar-refractivity contribution in [2.24, 2.45) is 5.92 Å². The summed E-state index contributed by atoms with van der Waals surface area (Å²) in [4.78, 5) is 2.45. The van der Waals surface area contributed by atoms with E-state index in [0.29, 0.717) is 5.92 Å². The Labute approximate surface area is 98.8 Å². The summed E-state index contributed by atoms with van der Waals surface area (Å²) in [5, 5.41) is 9.91. The fourth-order valence-corrected chi connectivity index (χ4v) is 3.00. The SMILES string of the molecule is CN(CC1COCCC1O)C1CCCCC1. The zero-order valence-electron chi connectivity index (χ0n) is 10.4. The van der Waals surface area contributed by atoms with Crippen molar-refractivity contribution in [1.29, 1.82) is 0 Å². The second kappa shape index (κ2) is 5.99. The lowest BCUT2D eigenvalue weighted by molar-refractivity contribution is -0.0489. The number of ether oxygens (including phenoxy) is 1. The van der Waals surface area contributed by atoms with E-state index in [1.807, 2.05) is 0 Å². The van der Waals surface area contributed by atoms with Crippen LogP contribution in [-0.4, -0.2) is 49.0 Å². The van der Waals surface area contributed by atoms with E-state index >= 15 is 0 Å². The Bertz CT molecular complexity index is 204. The minimum absolute atomic E-state index is 0.153. The summed E-state index contributed by atoms with van der Waals surface area (Å²) >= 11 is 0. The van der Waals surface area contributed by atoms with Gasteiger partial charge in [-0.3, -0.25) is 0 Å². The molecular formula is C13H25NO2. The summed E-state index contributed by atoms with van der Waals surface area (Å²) in [7, 11) is 2.21. The molecule has 0 aromatic rings. The summed E-state index contributed by atoms with van der Waals surface area (Å²) in [5.41, 5.74) is 0. The fraction of sp³-hybridized carbons (Fsp3) is 1.00. The first-order valence-corrected chi connectivity index (χ1v) is 6.73. The van der Waals surface area contributed by atoms with E-state index in [1.54, 1.807) is 0 Å². The van der Waals surface area contributed by atoms with Gasteiger partial charge in [0.25, 0.3) is 0 Å². The Morgan fingerprint density at radius 3 is 2.62 bits per heavy atom. The molecule has 16 heavy (non-hydrogen) atoms. The Hall–Kier alpha value is -0.120. The smallest absolute Gasteiger partial charge is 0.0624 e. The van der Waals surface area contributed by atoms with Crippen LogP contribution in [0.4, 0.5) is 0 Å². The maximum atomic E-state index is 9.91. The monoisotopic (exact) mass is 227 g/mol. The Balaban J connectivity index is 1.78. The first-order chi connectivity index (χ1) is 7.77. The van der Waals surface area contributed by atoms with Gasteiger partial charge < -0.3 is 14.7 Å². The molecule has 2 aliphatic rings. The number of hydrogen-bond acceptors (Lipinski definition) is 3. The molecule has 2 atom stereocenters. The van der Waals surface area contributed by atoms with Crippen LogP contribution in [0.1, 0.15) is 38.5 Å². The molecular weight excluding hydrogens is 202 g/mol. The van der Waals surface area contributed by atoms with E-state index < -0.39 is 0 Å². The lowest BCUT2D eigenvalue weighted by Gasteiger charge is -2.36. The van der Waals surface area contributed by atoms with Crippen molar-refractivity contribution in [2.45, 2.75) is 50.7 Å². The lowest BCUT2D eigenvalue weighted by Crippen LogP contribution is -2.43. The van der Waals surface area contributed by atoms with Crippen molar-refractivity contribution in [3.63, 3.8) is 0 Å².